The second-order valence-electron chi connectivity index (χ2n) is 5.81. The van der Waals surface area contributed by atoms with E-state index in [-0.39, 0.29) is 16.0 Å². The molecule has 0 bridgehead atoms. The van der Waals surface area contributed by atoms with Crippen LogP contribution in [0.25, 0.3) is 0 Å². The molecule has 0 radical (unpaired) electrons. The van der Waals surface area contributed by atoms with Crippen LogP contribution >= 0.6 is 23.2 Å². The smallest absolute Gasteiger partial charge is 0.265 e. The average Bonchev–Trinajstić information content (AvgIpc) is 2.63. The van der Waals surface area contributed by atoms with Gasteiger partial charge in [-0.15, -0.1) is 0 Å². The van der Waals surface area contributed by atoms with Crippen LogP contribution in [0.4, 0.5) is 5.69 Å². The zero-order chi connectivity index (χ0) is 18.9. The number of rotatable bonds is 5. The number of benzene rings is 2. The van der Waals surface area contributed by atoms with Crippen molar-refractivity contribution in [3.8, 4) is 11.5 Å². The number of ether oxygens (including phenoxy) is 2. The van der Waals surface area contributed by atoms with E-state index in [1.165, 1.54) is 18.2 Å². The first-order chi connectivity index (χ1) is 12.4. The van der Waals surface area contributed by atoms with Crippen LogP contribution in [-0.4, -0.2) is 35.2 Å². The Morgan fingerprint density at radius 1 is 1.19 bits per heavy atom. The average molecular weight is 417 g/mol. The number of anilines is 1. The van der Waals surface area contributed by atoms with Crippen LogP contribution in [0.1, 0.15) is 5.56 Å². The quantitative estimate of drug-likeness (QED) is 0.781. The molecule has 1 aliphatic rings. The standard InChI is InChI=1S/C17H18Cl2N2O4S/c1-20-11-7-12-15(24-2)5-6-16(17(12)25-9-11)26(22,23)21-10-3-4-13(18)14(19)8-10/h3-6,8,11,20-21H,7,9H2,1-2H3/t11-/m1/s1. The van der Waals surface area contributed by atoms with Crippen molar-refractivity contribution >= 4 is 38.9 Å². The Balaban J connectivity index is 2.01. The Morgan fingerprint density at radius 2 is 1.96 bits per heavy atom. The number of halogens is 2. The molecule has 0 unspecified atom stereocenters. The molecule has 0 amide bonds. The van der Waals surface area contributed by atoms with Crippen molar-refractivity contribution in [1.82, 2.24) is 5.32 Å². The molecular weight excluding hydrogens is 399 g/mol. The van der Waals surface area contributed by atoms with Crippen molar-refractivity contribution < 1.29 is 17.9 Å². The van der Waals surface area contributed by atoms with Gasteiger partial charge in [-0.05, 0) is 43.8 Å². The Morgan fingerprint density at radius 3 is 2.62 bits per heavy atom. The minimum atomic E-state index is -3.89. The Hall–Kier alpha value is -1.67. The lowest BCUT2D eigenvalue weighted by Gasteiger charge is -2.28. The van der Waals surface area contributed by atoms with E-state index in [4.69, 9.17) is 32.7 Å². The van der Waals surface area contributed by atoms with E-state index < -0.39 is 10.0 Å². The maximum atomic E-state index is 12.9. The van der Waals surface area contributed by atoms with Gasteiger partial charge in [0.15, 0.2) is 0 Å². The van der Waals surface area contributed by atoms with E-state index >= 15 is 0 Å². The lowest BCUT2D eigenvalue weighted by atomic mass is 10.0. The first-order valence-corrected chi connectivity index (χ1v) is 10.1. The van der Waals surface area contributed by atoms with Crippen molar-refractivity contribution in [2.45, 2.75) is 17.4 Å². The molecule has 1 heterocycles. The van der Waals surface area contributed by atoms with E-state index in [0.29, 0.717) is 35.2 Å². The van der Waals surface area contributed by atoms with Crippen LogP contribution in [-0.2, 0) is 16.4 Å². The van der Waals surface area contributed by atoms with Crippen molar-refractivity contribution in [3.05, 3.63) is 45.9 Å². The lowest BCUT2D eigenvalue weighted by molar-refractivity contribution is 0.235. The number of likely N-dealkylation sites (N-methyl/N-ethyl adjacent to an activating group) is 1. The van der Waals surface area contributed by atoms with E-state index in [9.17, 15) is 8.42 Å². The summed E-state index contributed by atoms with van der Waals surface area (Å²) in [6.07, 6.45) is 0.602. The molecular formula is C17H18Cl2N2O4S. The van der Waals surface area contributed by atoms with E-state index in [2.05, 4.69) is 10.0 Å². The Kier molecular flexibility index (Phi) is 5.53. The van der Waals surface area contributed by atoms with E-state index in [0.717, 1.165) is 5.56 Å². The summed E-state index contributed by atoms with van der Waals surface area (Å²) in [5.41, 5.74) is 1.03. The fourth-order valence-corrected chi connectivity index (χ4v) is 4.31. The van der Waals surface area contributed by atoms with Crippen LogP contribution < -0.4 is 19.5 Å². The summed E-state index contributed by atoms with van der Waals surface area (Å²) in [5, 5.41) is 3.74. The third-order valence-electron chi connectivity index (χ3n) is 4.15. The lowest BCUT2D eigenvalue weighted by Crippen LogP contribution is -2.37. The summed E-state index contributed by atoms with van der Waals surface area (Å²) in [6, 6.07) is 7.70. The van der Waals surface area contributed by atoms with Gasteiger partial charge in [-0.3, -0.25) is 4.72 Å². The molecule has 0 saturated carbocycles. The highest BCUT2D eigenvalue weighted by Crippen LogP contribution is 2.39. The van der Waals surface area contributed by atoms with Crippen LogP contribution in [0, 0.1) is 0 Å². The zero-order valence-electron chi connectivity index (χ0n) is 14.2. The number of hydrogen-bond acceptors (Lipinski definition) is 5. The van der Waals surface area contributed by atoms with Gasteiger partial charge < -0.3 is 14.8 Å². The van der Waals surface area contributed by atoms with Gasteiger partial charge in [0, 0.05) is 11.6 Å². The van der Waals surface area contributed by atoms with Gasteiger partial charge in [0.2, 0.25) is 0 Å². The predicted octanol–water partition coefficient (Wildman–Crippen LogP) is 3.33. The van der Waals surface area contributed by atoms with Crippen LogP contribution in [0.5, 0.6) is 11.5 Å². The fraction of sp³-hybridized carbons (Fsp3) is 0.294. The van der Waals surface area contributed by atoms with Gasteiger partial charge in [0.1, 0.15) is 23.0 Å². The molecule has 2 aromatic rings. The second kappa shape index (κ2) is 7.52. The minimum absolute atomic E-state index is 0.0499. The van der Waals surface area contributed by atoms with Gasteiger partial charge in [-0.25, -0.2) is 8.42 Å². The first-order valence-electron chi connectivity index (χ1n) is 7.83. The molecule has 1 atom stereocenters. The van der Waals surface area contributed by atoms with Crippen LogP contribution in [0.15, 0.2) is 35.2 Å². The van der Waals surface area contributed by atoms with Gasteiger partial charge >= 0.3 is 0 Å². The van der Waals surface area contributed by atoms with Gasteiger partial charge in [-0.1, -0.05) is 23.2 Å². The maximum absolute atomic E-state index is 12.9. The summed E-state index contributed by atoms with van der Waals surface area (Å²) in [6.45, 7) is 0.367. The highest BCUT2D eigenvalue weighted by atomic mass is 35.5. The summed E-state index contributed by atoms with van der Waals surface area (Å²) in [5.74, 6) is 0.900. The number of hydrogen-bond donors (Lipinski definition) is 2. The molecule has 0 saturated heterocycles. The molecule has 2 aromatic carbocycles. The fourth-order valence-electron chi connectivity index (χ4n) is 2.79. The van der Waals surface area contributed by atoms with Crippen molar-refractivity contribution in [3.63, 3.8) is 0 Å². The third kappa shape index (κ3) is 3.71. The molecule has 0 aromatic heterocycles. The zero-order valence-corrected chi connectivity index (χ0v) is 16.5. The predicted molar refractivity (Wildman–Crippen MR) is 102 cm³/mol. The molecule has 6 nitrogen and oxygen atoms in total. The molecule has 140 valence electrons. The Bertz CT molecular complexity index is 935. The minimum Gasteiger partial charge on any atom is -0.496 e. The first kappa shape index (κ1) is 19.1. The number of methoxy groups -OCH3 is 1. The highest BCUT2D eigenvalue weighted by molar-refractivity contribution is 7.92. The summed E-state index contributed by atoms with van der Waals surface area (Å²) >= 11 is 11.8. The highest BCUT2D eigenvalue weighted by Gasteiger charge is 2.30. The SMILES string of the molecule is CN[C@H]1COc2c(S(=O)(=O)Nc3ccc(Cl)c(Cl)c3)ccc(OC)c2C1. The Labute approximate surface area is 162 Å². The molecule has 1 aliphatic heterocycles. The summed E-state index contributed by atoms with van der Waals surface area (Å²) in [4.78, 5) is 0.0499. The largest absolute Gasteiger partial charge is 0.496 e. The molecule has 3 rings (SSSR count). The number of fused-ring (bicyclic) bond motifs is 1. The molecule has 0 spiro atoms. The van der Waals surface area contributed by atoms with Gasteiger partial charge in [0.05, 0.1) is 22.8 Å². The van der Waals surface area contributed by atoms with Crippen LogP contribution in [0.2, 0.25) is 10.0 Å². The van der Waals surface area contributed by atoms with E-state index in [1.807, 2.05) is 7.05 Å². The number of sulfonamides is 1. The van der Waals surface area contributed by atoms with Crippen molar-refractivity contribution in [2.24, 2.45) is 0 Å². The van der Waals surface area contributed by atoms with Crippen molar-refractivity contribution in [2.75, 3.05) is 25.5 Å². The van der Waals surface area contributed by atoms with Crippen molar-refractivity contribution in [1.29, 1.82) is 0 Å². The van der Waals surface area contributed by atoms with E-state index in [1.54, 1.807) is 19.2 Å². The number of nitrogens with one attached hydrogen (secondary N) is 2. The third-order valence-corrected chi connectivity index (χ3v) is 6.29. The summed E-state index contributed by atoms with van der Waals surface area (Å²) < 4.78 is 39.4. The van der Waals surface area contributed by atoms with Gasteiger partial charge in [0.25, 0.3) is 10.0 Å². The maximum Gasteiger partial charge on any atom is 0.265 e. The monoisotopic (exact) mass is 416 g/mol. The molecule has 0 fully saturated rings. The molecule has 0 aliphatic carbocycles. The molecule has 26 heavy (non-hydrogen) atoms. The van der Waals surface area contributed by atoms with Crippen LogP contribution in [0.3, 0.4) is 0 Å². The summed E-state index contributed by atoms with van der Waals surface area (Å²) in [7, 11) is -0.513. The molecule has 2 N–H and O–H groups in total. The van der Waals surface area contributed by atoms with Gasteiger partial charge in [-0.2, -0.15) is 0 Å². The normalized spacial score (nSPS) is 16.5. The second-order valence-corrected chi connectivity index (χ2v) is 8.27. The molecule has 9 heteroatoms. The topological polar surface area (TPSA) is 76.7 Å².